The van der Waals surface area contributed by atoms with Crippen LogP contribution in [0.1, 0.15) is 22.5 Å². The lowest BCUT2D eigenvalue weighted by Crippen LogP contribution is -2.07. The van der Waals surface area contributed by atoms with E-state index in [2.05, 4.69) is 32.1 Å². The topological polar surface area (TPSA) is 60.2 Å². The molecule has 0 fully saturated rings. The van der Waals surface area contributed by atoms with E-state index < -0.39 is 0 Å². The van der Waals surface area contributed by atoms with Crippen molar-refractivity contribution in [2.45, 2.75) is 27.0 Å². The Labute approximate surface area is 106 Å². The molecule has 1 aromatic carbocycles. The van der Waals surface area contributed by atoms with Crippen LogP contribution in [0.25, 0.3) is 0 Å². The zero-order chi connectivity index (χ0) is 13.0. The fourth-order valence-corrected chi connectivity index (χ4v) is 1.97. The van der Waals surface area contributed by atoms with Crippen molar-refractivity contribution >= 4 is 0 Å². The van der Waals surface area contributed by atoms with Gasteiger partial charge in [-0.15, -0.1) is 0 Å². The highest BCUT2D eigenvalue weighted by molar-refractivity contribution is 5.43. The van der Waals surface area contributed by atoms with Gasteiger partial charge in [-0.25, -0.2) is 0 Å². The van der Waals surface area contributed by atoms with Gasteiger partial charge in [-0.1, -0.05) is 17.3 Å². The van der Waals surface area contributed by atoms with E-state index in [1.165, 1.54) is 12.0 Å². The monoisotopic (exact) mass is 247 g/mol. The van der Waals surface area contributed by atoms with E-state index in [4.69, 9.17) is 4.74 Å². The first kappa shape index (κ1) is 12.6. The van der Waals surface area contributed by atoms with Gasteiger partial charge >= 0.3 is 0 Å². The molecule has 0 unspecified atom stereocenters. The summed E-state index contributed by atoms with van der Waals surface area (Å²) in [6.07, 6.45) is 1.30. The third-order valence-corrected chi connectivity index (χ3v) is 2.65. The molecule has 5 nitrogen and oxygen atoms in total. The predicted molar refractivity (Wildman–Crippen MR) is 67.3 cm³/mol. The maximum Gasteiger partial charge on any atom is 0.213 e. The first-order chi connectivity index (χ1) is 8.70. The fraction of sp³-hybridized carbons (Fsp3) is 0.385. The zero-order valence-electron chi connectivity index (χ0n) is 10.9. The molecule has 2 aromatic rings. The Morgan fingerprint density at radius 2 is 2.00 bits per heavy atom. The Bertz CT molecular complexity index is 486. The highest BCUT2D eigenvalue weighted by atomic mass is 16.5. The number of benzene rings is 1. The maximum atomic E-state index is 5.74. The summed E-state index contributed by atoms with van der Waals surface area (Å²) in [5, 5.41) is 6.86. The van der Waals surface area contributed by atoms with E-state index in [1.54, 1.807) is 0 Å². The molecule has 0 spiro atoms. The van der Waals surface area contributed by atoms with Crippen LogP contribution in [0.5, 0.6) is 5.75 Å². The normalized spacial score (nSPS) is 10.6. The molecule has 1 heterocycles. The van der Waals surface area contributed by atoms with Crippen LogP contribution in [0, 0.1) is 13.8 Å². The molecule has 0 aliphatic rings. The van der Waals surface area contributed by atoms with Crippen LogP contribution >= 0.6 is 0 Å². The van der Waals surface area contributed by atoms with Gasteiger partial charge in [-0.3, -0.25) is 0 Å². The van der Waals surface area contributed by atoms with Crippen molar-refractivity contribution in [1.82, 2.24) is 15.5 Å². The van der Waals surface area contributed by atoms with Gasteiger partial charge in [0.1, 0.15) is 5.75 Å². The van der Waals surface area contributed by atoms with E-state index in [0.717, 1.165) is 23.4 Å². The summed E-state index contributed by atoms with van der Waals surface area (Å²) in [5.74, 6) is 1.44. The van der Waals surface area contributed by atoms with Gasteiger partial charge in [-0.05, 0) is 37.6 Å². The number of rotatable bonds is 5. The molecule has 2 rings (SSSR count). The van der Waals surface area contributed by atoms with Crippen LogP contribution in [0.3, 0.4) is 0 Å². The standard InChI is InChI=1S/C13H17N3O2/c1-9-4-11(6-14-3)5-10(2)13(9)17-7-12-15-8-18-16-12/h4-5,8,14H,6-7H2,1-3H3. The number of aromatic nitrogens is 2. The molecular weight excluding hydrogens is 230 g/mol. The highest BCUT2D eigenvalue weighted by Gasteiger charge is 2.08. The maximum absolute atomic E-state index is 5.74. The molecule has 0 saturated carbocycles. The van der Waals surface area contributed by atoms with E-state index in [9.17, 15) is 0 Å². The molecule has 0 aliphatic heterocycles. The molecule has 5 heteroatoms. The number of ether oxygens (including phenoxy) is 1. The van der Waals surface area contributed by atoms with Crippen molar-refractivity contribution in [2.75, 3.05) is 7.05 Å². The fourth-order valence-electron chi connectivity index (χ4n) is 1.97. The molecule has 1 aromatic heterocycles. The Hall–Kier alpha value is -1.88. The largest absolute Gasteiger partial charge is 0.485 e. The molecular formula is C13H17N3O2. The molecule has 0 aliphatic carbocycles. The Balaban J connectivity index is 2.12. The second-order valence-electron chi connectivity index (χ2n) is 4.23. The van der Waals surface area contributed by atoms with Crippen molar-refractivity contribution in [3.8, 4) is 5.75 Å². The quantitative estimate of drug-likeness (QED) is 0.875. The molecule has 1 N–H and O–H groups in total. The summed E-state index contributed by atoms with van der Waals surface area (Å²) < 4.78 is 10.4. The average molecular weight is 247 g/mol. The van der Waals surface area contributed by atoms with Gasteiger partial charge < -0.3 is 14.6 Å². The summed E-state index contributed by atoms with van der Waals surface area (Å²) in [7, 11) is 1.94. The van der Waals surface area contributed by atoms with Crippen LogP contribution in [-0.4, -0.2) is 17.2 Å². The van der Waals surface area contributed by atoms with E-state index >= 15 is 0 Å². The molecule has 0 saturated heterocycles. The minimum absolute atomic E-state index is 0.323. The van der Waals surface area contributed by atoms with E-state index in [1.807, 2.05) is 20.9 Å². The van der Waals surface area contributed by atoms with Crippen LogP contribution in [-0.2, 0) is 13.2 Å². The Morgan fingerprint density at radius 3 is 2.56 bits per heavy atom. The van der Waals surface area contributed by atoms with Crippen molar-refractivity contribution in [3.05, 3.63) is 41.0 Å². The summed E-state index contributed by atoms with van der Waals surface area (Å²) >= 11 is 0. The summed E-state index contributed by atoms with van der Waals surface area (Å²) in [6.45, 7) is 5.26. The Morgan fingerprint density at radius 1 is 1.28 bits per heavy atom. The van der Waals surface area contributed by atoms with E-state index in [0.29, 0.717) is 12.4 Å². The second kappa shape index (κ2) is 5.64. The predicted octanol–water partition coefficient (Wildman–Crippen LogP) is 1.98. The van der Waals surface area contributed by atoms with Crippen LogP contribution < -0.4 is 10.1 Å². The van der Waals surface area contributed by atoms with Gasteiger partial charge in [-0.2, -0.15) is 4.98 Å². The van der Waals surface area contributed by atoms with E-state index in [-0.39, 0.29) is 0 Å². The first-order valence-corrected chi connectivity index (χ1v) is 5.83. The third-order valence-electron chi connectivity index (χ3n) is 2.65. The molecule has 0 bridgehead atoms. The first-order valence-electron chi connectivity index (χ1n) is 5.83. The number of hydrogen-bond acceptors (Lipinski definition) is 5. The lowest BCUT2D eigenvalue weighted by Gasteiger charge is -2.13. The number of nitrogens with zero attached hydrogens (tertiary/aromatic N) is 2. The highest BCUT2D eigenvalue weighted by Crippen LogP contribution is 2.25. The number of nitrogens with one attached hydrogen (secondary N) is 1. The Kier molecular flexibility index (Phi) is 3.94. The summed E-state index contributed by atoms with van der Waals surface area (Å²) in [5.41, 5.74) is 3.48. The van der Waals surface area contributed by atoms with Crippen LogP contribution in [0.4, 0.5) is 0 Å². The smallest absolute Gasteiger partial charge is 0.213 e. The van der Waals surface area contributed by atoms with Crippen molar-refractivity contribution in [2.24, 2.45) is 0 Å². The van der Waals surface area contributed by atoms with Crippen LogP contribution in [0.15, 0.2) is 23.0 Å². The van der Waals surface area contributed by atoms with Gasteiger partial charge in [0.15, 0.2) is 6.61 Å². The van der Waals surface area contributed by atoms with Gasteiger partial charge in [0.05, 0.1) is 0 Å². The van der Waals surface area contributed by atoms with Crippen molar-refractivity contribution < 1.29 is 9.26 Å². The molecule has 96 valence electrons. The molecule has 0 amide bonds. The summed E-state index contributed by atoms with van der Waals surface area (Å²) in [4.78, 5) is 3.92. The SMILES string of the molecule is CNCc1cc(C)c(OCc2ncon2)c(C)c1. The third kappa shape index (κ3) is 2.87. The lowest BCUT2D eigenvalue weighted by molar-refractivity contribution is 0.283. The zero-order valence-corrected chi connectivity index (χ0v) is 10.9. The van der Waals surface area contributed by atoms with Gasteiger partial charge in [0, 0.05) is 6.54 Å². The molecule has 18 heavy (non-hydrogen) atoms. The number of hydrogen-bond donors (Lipinski definition) is 1. The minimum atomic E-state index is 0.323. The van der Waals surface area contributed by atoms with Crippen LogP contribution in [0.2, 0.25) is 0 Å². The van der Waals surface area contributed by atoms with Crippen molar-refractivity contribution in [1.29, 1.82) is 0 Å². The molecule has 0 radical (unpaired) electrons. The lowest BCUT2D eigenvalue weighted by atomic mass is 10.1. The minimum Gasteiger partial charge on any atom is -0.485 e. The average Bonchev–Trinajstić information content (AvgIpc) is 2.81. The van der Waals surface area contributed by atoms with Crippen molar-refractivity contribution in [3.63, 3.8) is 0 Å². The molecule has 0 atom stereocenters. The second-order valence-corrected chi connectivity index (χ2v) is 4.23. The summed E-state index contributed by atoms with van der Waals surface area (Å²) in [6, 6.07) is 4.24. The van der Waals surface area contributed by atoms with Gasteiger partial charge in [0.2, 0.25) is 12.2 Å². The van der Waals surface area contributed by atoms with Gasteiger partial charge in [0.25, 0.3) is 0 Å². The number of aryl methyl sites for hydroxylation is 2.